The van der Waals surface area contributed by atoms with Crippen LogP contribution in [0.15, 0.2) is 11.2 Å². The van der Waals surface area contributed by atoms with Crippen molar-refractivity contribution in [3.8, 4) is 0 Å². The average Bonchev–Trinajstić information content (AvgIpc) is 2.43. The van der Waals surface area contributed by atoms with Crippen molar-refractivity contribution in [2.24, 2.45) is 5.16 Å². The molecule has 118 valence electrons. The molecular weight excluding hydrogens is 350 g/mol. The molecule has 22 heavy (non-hydrogen) atoms. The molecule has 1 rings (SSSR count). The molecule has 0 fully saturated rings. The van der Waals surface area contributed by atoms with Gasteiger partial charge in [-0.25, -0.2) is 0 Å². The topological polar surface area (TPSA) is 83.8 Å². The summed E-state index contributed by atoms with van der Waals surface area (Å²) >= 11 is 11.4. The second-order valence-corrected chi connectivity index (χ2v) is 4.75. The van der Waals surface area contributed by atoms with Gasteiger partial charge in [-0.3, -0.25) is 14.4 Å². The predicted octanol–water partition coefficient (Wildman–Crippen LogP) is 3.16. The zero-order valence-electron chi connectivity index (χ0n) is 10.7. The molecule has 0 atom stereocenters. The lowest BCUT2D eigenvalue weighted by atomic mass is 9.96. The molecular formula is C12H6Cl2F3NO4. The molecule has 1 aromatic rings. The first-order chi connectivity index (χ1) is 10.1. The smallest absolute Gasteiger partial charge is 0.411 e. The van der Waals surface area contributed by atoms with Crippen LogP contribution in [0.2, 0.25) is 10.0 Å². The summed E-state index contributed by atoms with van der Waals surface area (Å²) in [4.78, 5) is 33.2. The van der Waals surface area contributed by atoms with Crippen molar-refractivity contribution in [1.82, 2.24) is 0 Å². The molecule has 0 bridgehead atoms. The highest BCUT2D eigenvalue weighted by Gasteiger charge is 2.39. The van der Waals surface area contributed by atoms with E-state index in [0.29, 0.717) is 6.07 Å². The number of hydrogen-bond acceptors (Lipinski definition) is 5. The summed E-state index contributed by atoms with van der Waals surface area (Å²) in [6.45, 7) is 1.16. The van der Waals surface area contributed by atoms with Gasteiger partial charge in [0.05, 0.1) is 26.9 Å². The molecule has 0 radical (unpaired) electrons. The Bertz CT molecular complexity index is 699. The first-order valence-electron chi connectivity index (χ1n) is 5.38. The summed E-state index contributed by atoms with van der Waals surface area (Å²) in [6.07, 6.45) is -5.48. The van der Waals surface area contributed by atoms with E-state index in [1.165, 1.54) is 0 Å². The van der Waals surface area contributed by atoms with Crippen molar-refractivity contribution in [1.29, 1.82) is 0 Å². The van der Waals surface area contributed by atoms with Gasteiger partial charge < -0.3 is 5.21 Å². The average molecular weight is 356 g/mol. The standard InChI is InChI=1S/C12H6Cl2F3NO4/c1-4(18-22)8-6(13)2-5(12(15,16)17)9(10(8)14)11(21)7(20)3-19/h2-3,22H,1H3. The molecule has 5 nitrogen and oxygen atoms in total. The summed E-state index contributed by atoms with van der Waals surface area (Å²) in [5.74, 6) is -3.45. The molecule has 0 unspecified atom stereocenters. The van der Waals surface area contributed by atoms with Crippen LogP contribution in [0.5, 0.6) is 0 Å². The Morgan fingerprint density at radius 1 is 1.27 bits per heavy atom. The molecule has 0 amide bonds. The van der Waals surface area contributed by atoms with Crippen LogP contribution in [-0.2, 0) is 15.8 Å². The van der Waals surface area contributed by atoms with Gasteiger partial charge in [-0.1, -0.05) is 28.4 Å². The molecule has 0 saturated heterocycles. The van der Waals surface area contributed by atoms with Crippen LogP contribution in [0, 0.1) is 0 Å². The van der Waals surface area contributed by atoms with Crippen LogP contribution < -0.4 is 0 Å². The van der Waals surface area contributed by atoms with E-state index >= 15 is 0 Å². The molecule has 0 aromatic heterocycles. The molecule has 0 aliphatic heterocycles. The van der Waals surface area contributed by atoms with Crippen LogP contribution in [0.1, 0.15) is 28.4 Å². The highest BCUT2D eigenvalue weighted by Crippen LogP contribution is 2.40. The molecule has 0 aliphatic carbocycles. The van der Waals surface area contributed by atoms with Crippen molar-refractivity contribution < 1.29 is 32.8 Å². The molecule has 0 heterocycles. The Labute approximate surface area is 131 Å². The SMILES string of the molecule is CC(=NO)c1c(Cl)cc(C(F)(F)F)c(C(=O)C(=O)C=O)c1Cl. The van der Waals surface area contributed by atoms with Gasteiger partial charge in [-0.2, -0.15) is 13.2 Å². The first-order valence-corrected chi connectivity index (χ1v) is 6.13. The van der Waals surface area contributed by atoms with E-state index in [2.05, 4.69) is 5.16 Å². The maximum Gasteiger partial charge on any atom is 0.417 e. The van der Waals surface area contributed by atoms with E-state index in [1.807, 2.05) is 0 Å². The quantitative estimate of drug-likeness (QED) is 0.171. The monoisotopic (exact) mass is 355 g/mol. The van der Waals surface area contributed by atoms with E-state index < -0.39 is 45.2 Å². The number of nitrogens with zero attached hydrogens (tertiary/aromatic N) is 1. The van der Waals surface area contributed by atoms with Crippen LogP contribution >= 0.6 is 23.2 Å². The number of halogens is 5. The fraction of sp³-hybridized carbons (Fsp3) is 0.167. The summed E-state index contributed by atoms with van der Waals surface area (Å²) in [6, 6.07) is 0.364. The molecule has 1 aromatic carbocycles. The van der Waals surface area contributed by atoms with Gasteiger partial charge >= 0.3 is 6.18 Å². The lowest BCUT2D eigenvalue weighted by molar-refractivity contribution is -0.138. The molecule has 0 aliphatic rings. The van der Waals surface area contributed by atoms with Crippen molar-refractivity contribution in [2.45, 2.75) is 13.1 Å². The third-order valence-electron chi connectivity index (χ3n) is 2.59. The molecule has 0 spiro atoms. The van der Waals surface area contributed by atoms with E-state index in [9.17, 15) is 27.6 Å². The first kappa shape index (κ1) is 18.1. The summed E-state index contributed by atoms with van der Waals surface area (Å²) < 4.78 is 39.0. The second-order valence-electron chi connectivity index (χ2n) is 3.96. The number of carbonyl (C=O) groups excluding carboxylic acids is 3. The zero-order valence-corrected chi connectivity index (χ0v) is 12.2. The van der Waals surface area contributed by atoms with E-state index in [1.54, 1.807) is 0 Å². The number of carbonyl (C=O) groups is 3. The molecule has 1 N–H and O–H groups in total. The normalized spacial score (nSPS) is 12.2. The van der Waals surface area contributed by atoms with E-state index in [4.69, 9.17) is 28.4 Å². The number of oxime groups is 1. The van der Waals surface area contributed by atoms with Gasteiger partial charge in [-0.05, 0) is 13.0 Å². The maximum absolute atomic E-state index is 13.0. The maximum atomic E-state index is 13.0. The minimum absolute atomic E-state index is 0.281. The Morgan fingerprint density at radius 3 is 2.23 bits per heavy atom. The minimum atomic E-state index is -5.05. The van der Waals surface area contributed by atoms with Crippen molar-refractivity contribution >= 4 is 46.8 Å². The second kappa shape index (κ2) is 6.45. The fourth-order valence-corrected chi connectivity index (χ4v) is 2.44. The largest absolute Gasteiger partial charge is 0.417 e. The van der Waals surface area contributed by atoms with Gasteiger partial charge in [0.1, 0.15) is 0 Å². The number of alkyl halides is 3. The highest BCUT2D eigenvalue weighted by atomic mass is 35.5. The molecule has 0 saturated carbocycles. The third kappa shape index (κ3) is 3.28. The number of aldehydes is 1. The number of hydrogen-bond donors (Lipinski definition) is 1. The Hall–Kier alpha value is -1.93. The van der Waals surface area contributed by atoms with Gasteiger partial charge in [0.15, 0.2) is 6.29 Å². The van der Waals surface area contributed by atoms with Crippen LogP contribution in [0.4, 0.5) is 13.2 Å². The van der Waals surface area contributed by atoms with Gasteiger partial charge in [-0.15, -0.1) is 0 Å². The fourth-order valence-electron chi connectivity index (χ4n) is 1.62. The lowest BCUT2D eigenvalue weighted by Crippen LogP contribution is -2.22. The van der Waals surface area contributed by atoms with Gasteiger partial charge in [0, 0.05) is 5.56 Å². The number of rotatable bonds is 4. The van der Waals surface area contributed by atoms with Crippen molar-refractivity contribution in [3.63, 3.8) is 0 Å². The molecule has 10 heteroatoms. The predicted molar refractivity (Wildman–Crippen MR) is 70.9 cm³/mol. The summed E-state index contributed by atoms with van der Waals surface area (Å²) in [5, 5.41) is 10.1. The lowest BCUT2D eigenvalue weighted by Gasteiger charge is -2.16. The number of Topliss-reactive ketones (excluding diaryl/α,β-unsaturated/α-hetero) is 2. The summed E-state index contributed by atoms with van der Waals surface area (Å²) in [7, 11) is 0. The highest BCUT2D eigenvalue weighted by molar-refractivity contribution is 6.63. The Morgan fingerprint density at radius 2 is 1.82 bits per heavy atom. The van der Waals surface area contributed by atoms with Gasteiger partial charge in [0.2, 0.25) is 5.78 Å². The van der Waals surface area contributed by atoms with Crippen LogP contribution in [0.25, 0.3) is 0 Å². The van der Waals surface area contributed by atoms with Crippen LogP contribution in [0.3, 0.4) is 0 Å². The third-order valence-corrected chi connectivity index (χ3v) is 3.27. The van der Waals surface area contributed by atoms with E-state index in [-0.39, 0.29) is 11.3 Å². The van der Waals surface area contributed by atoms with Crippen molar-refractivity contribution in [2.75, 3.05) is 0 Å². The van der Waals surface area contributed by atoms with Gasteiger partial charge in [0.25, 0.3) is 5.78 Å². The van der Waals surface area contributed by atoms with E-state index in [0.717, 1.165) is 6.92 Å². The summed E-state index contributed by atoms with van der Waals surface area (Å²) in [5.41, 5.74) is -3.44. The zero-order chi connectivity index (χ0) is 17.2. The van der Waals surface area contributed by atoms with Crippen molar-refractivity contribution in [3.05, 3.63) is 32.8 Å². The minimum Gasteiger partial charge on any atom is -0.411 e. The number of benzene rings is 1. The van der Waals surface area contributed by atoms with Crippen LogP contribution in [-0.4, -0.2) is 28.8 Å². The Kier molecular flexibility index (Phi) is 5.31. The Balaban J connectivity index is 3.88. The number of ketones is 2.